The number of hydrogen-bond acceptors (Lipinski definition) is 4. The van der Waals surface area contributed by atoms with Gasteiger partial charge in [0.1, 0.15) is 12.0 Å². The molecule has 0 N–H and O–H groups in total. The Morgan fingerprint density at radius 2 is 1.21 bits per heavy atom. The lowest BCUT2D eigenvalue weighted by molar-refractivity contribution is 1.06. The first-order chi connectivity index (χ1) is 13.9. The molecule has 0 bridgehead atoms. The van der Waals surface area contributed by atoms with Crippen molar-refractivity contribution in [1.29, 1.82) is 0 Å². The molecule has 3 aromatic carbocycles. The zero-order valence-electron chi connectivity index (χ0n) is 15.2. The van der Waals surface area contributed by atoms with Gasteiger partial charge in [-0.15, -0.1) is 0 Å². The molecule has 2 heterocycles. The fraction of sp³-hybridized carbons (Fsp3) is 0.0417. The molecule has 1 aliphatic heterocycles. The maximum absolute atomic E-state index is 4.54. The minimum absolute atomic E-state index is 0.488. The molecule has 0 aliphatic carbocycles. The highest BCUT2D eigenvalue weighted by molar-refractivity contribution is 5.77. The number of aromatic nitrogens is 1. The number of para-hydroxylation sites is 2. The highest BCUT2D eigenvalue weighted by atomic mass is 15.1. The molecule has 0 radical (unpaired) electrons. The van der Waals surface area contributed by atoms with Crippen LogP contribution in [0.1, 0.15) is 0 Å². The topological polar surface area (TPSA) is 40.9 Å². The average Bonchev–Trinajstić information content (AvgIpc) is 3.25. The van der Waals surface area contributed by atoms with E-state index in [9.17, 15) is 0 Å². The lowest BCUT2D eigenvalue weighted by atomic mass is 10.1. The molecule has 0 amide bonds. The quantitative estimate of drug-likeness (QED) is 0.539. The lowest BCUT2D eigenvalue weighted by Crippen LogP contribution is -2.24. The second-order valence-corrected chi connectivity index (χ2v) is 6.54. The fourth-order valence-electron chi connectivity index (χ4n) is 3.49. The zero-order chi connectivity index (χ0) is 18.8. The molecule has 28 heavy (non-hydrogen) atoms. The van der Waals surface area contributed by atoms with Gasteiger partial charge in [0.25, 0.3) is 0 Å². The summed E-state index contributed by atoms with van der Waals surface area (Å²) in [6.07, 6.45) is 1.80. The van der Waals surface area contributed by atoms with Crippen LogP contribution >= 0.6 is 0 Å². The number of fused-ring (bicyclic) bond motifs is 1. The molecular weight excluding hydrogens is 344 g/mol. The normalized spacial score (nSPS) is 12.0. The first-order valence-corrected chi connectivity index (χ1v) is 9.25. The van der Waals surface area contributed by atoms with Crippen LogP contribution < -0.4 is 15.6 Å². The van der Waals surface area contributed by atoms with Crippen LogP contribution in [0.25, 0.3) is 11.3 Å². The SMILES string of the molecule is c1ccc(N(c2ccccc2)c2ccc(-c3nccc4c3=NCN=4)cc2)cc1. The van der Waals surface area contributed by atoms with Gasteiger partial charge in [-0.25, -0.2) is 0 Å². The van der Waals surface area contributed by atoms with Crippen molar-refractivity contribution in [3.8, 4) is 11.3 Å². The molecule has 4 nitrogen and oxygen atoms in total. The summed E-state index contributed by atoms with van der Waals surface area (Å²) in [4.78, 5) is 15.7. The average molecular weight is 362 g/mol. The Hall–Kier alpha value is -3.79. The van der Waals surface area contributed by atoms with Crippen molar-refractivity contribution in [2.45, 2.75) is 0 Å². The Morgan fingerprint density at radius 1 is 0.607 bits per heavy atom. The third-order valence-electron chi connectivity index (χ3n) is 4.80. The largest absolute Gasteiger partial charge is 0.311 e. The number of rotatable bonds is 4. The molecule has 1 aromatic heterocycles. The molecule has 0 spiro atoms. The molecule has 5 rings (SSSR count). The third kappa shape index (κ3) is 2.95. The molecule has 0 atom stereocenters. The molecule has 0 saturated carbocycles. The second-order valence-electron chi connectivity index (χ2n) is 6.54. The maximum atomic E-state index is 4.54. The predicted molar refractivity (Wildman–Crippen MR) is 112 cm³/mol. The van der Waals surface area contributed by atoms with Crippen molar-refractivity contribution in [1.82, 2.24) is 4.98 Å². The first kappa shape index (κ1) is 16.4. The lowest BCUT2D eigenvalue weighted by Gasteiger charge is -2.25. The molecule has 4 heteroatoms. The second kappa shape index (κ2) is 7.08. The monoisotopic (exact) mass is 362 g/mol. The van der Waals surface area contributed by atoms with Crippen molar-refractivity contribution in [3.63, 3.8) is 0 Å². The number of nitrogens with zero attached hydrogens (tertiary/aromatic N) is 4. The van der Waals surface area contributed by atoms with Crippen LogP contribution in [0.4, 0.5) is 17.1 Å². The van der Waals surface area contributed by atoms with E-state index in [1.807, 2.05) is 18.2 Å². The summed E-state index contributed by atoms with van der Waals surface area (Å²) in [5.74, 6) is 0. The Kier molecular flexibility index (Phi) is 4.14. The summed E-state index contributed by atoms with van der Waals surface area (Å²) in [7, 11) is 0. The van der Waals surface area contributed by atoms with Gasteiger partial charge < -0.3 is 4.90 Å². The van der Waals surface area contributed by atoms with Crippen molar-refractivity contribution in [2.24, 2.45) is 9.98 Å². The number of benzene rings is 3. The number of anilines is 3. The molecule has 0 unspecified atom stereocenters. The fourth-order valence-corrected chi connectivity index (χ4v) is 3.49. The Morgan fingerprint density at radius 3 is 1.86 bits per heavy atom. The van der Waals surface area contributed by atoms with E-state index >= 15 is 0 Å². The van der Waals surface area contributed by atoms with Gasteiger partial charge in [0.05, 0.1) is 11.1 Å². The van der Waals surface area contributed by atoms with E-state index in [1.54, 1.807) is 6.20 Å². The van der Waals surface area contributed by atoms with Gasteiger partial charge >= 0.3 is 0 Å². The Balaban J connectivity index is 1.59. The van der Waals surface area contributed by atoms with Gasteiger partial charge in [-0.3, -0.25) is 15.0 Å². The molecule has 4 aromatic rings. The van der Waals surface area contributed by atoms with Crippen LogP contribution in [0, 0.1) is 0 Å². The summed E-state index contributed by atoms with van der Waals surface area (Å²) in [5, 5.41) is 1.81. The number of pyridine rings is 1. The van der Waals surface area contributed by atoms with Gasteiger partial charge in [0.15, 0.2) is 0 Å². The van der Waals surface area contributed by atoms with Crippen molar-refractivity contribution in [2.75, 3.05) is 11.6 Å². The van der Waals surface area contributed by atoms with Gasteiger partial charge in [-0.2, -0.15) is 0 Å². The van der Waals surface area contributed by atoms with E-state index in [-0.39, 0.29) is 0 Å². The van der Waals surface area contributed by atoms with Gasteiger partial charge in [-0.1, -0.05) is 48.5 Å². The molecular formula is C24H18N4. The Labute approximate surface area is 163 Å². The Bertz CT molecular complexity index is 1180. The summed E-state index contributed by atoms with van der Waals surface area (Å²) < 4.78 is 0. The molecule has 0 fully saturated rings. The minimum atomic E-state index is 0.488. The van der Waals surface area contributed by atoms with E-state index in [1.165, 1.54) is 0 Å². The van der Waals surface area contributed by atoms with E-state index in [4.69, 9.17) is 0 Å². The highest BCUT2D eigenvalue weighted by Crippen LogP contribution is 2.34. The van der Waals surface area contributed by atoms with Crippen molar-refractivity contribution >= 4 is 17.1 Å². The van der Waals surface area contributed by atoms with E-state index in [0.29, 0.717) is 6.67 Å². The standard InChI is InChI=1S/C24H18N4/c1-3-7-19(8-4-1)28(20-9-5-2-6-10-20)21-13-11-18(12-14-21)23-24-22(15-16-25-23)26-17-27-24/h1-16H,17H2. The van der Waals surface area contributed by atoms with E-state index < -0.39 is 0 Å². The van der Waals surface area contributed by atoms with Crippen LogP contribution in [-0.4, -0.2) is 11.7 Å². The molecule has 134 valence electrons. The molecule has 0 saturated heterocycles. The first-order valence-electron chi connectivity index (χ1n) is 9.25. The van der Waals surface area contributed by atoms with Crippen LogP contribution in [0.3, 0.4) is 0 Å². The zero-order valence-corrected chi connectivity index (χ0v) is 15.2. The van der Waals surface area contributed by atoms with Crippen molar-refractivity contribution in [3.05, 3.63) is 108 Å². The van der Waals surface area contributed by atoms with E-state index in [0.717, 1.165) is 39.0 Å². The van der Waals surface area contributed by atoms with Gasteiger partial charge in [0.2, 0.25) is 0 Å². The minimum Gasteiger partial charge on any atom is -0.311 e. The van der Waals surface area contributed by atoms with Crippen LogP contribution in [0.15, 0.2) is 107 Å². The highest BCUT2D eigenvalue weighted by Gasteiger charge is 2.13. The maximum Gasteiger partial charge on any atom is 0.131 e. The van der Waals surface area contributed by atoms with Gasteiger partial charge in [0, 0.05) is 28.8 Å². The summed E-state index contributed by atoms with van der Waals surface area (Å²) >= 11 is 0. The van der Waals surface area contributed by atoms with Crippen LogP contribution in [-0.2, 0) is 0 Å². The van der Waals surface area contributed by atoms with Gasteiger partial charge in [-0.05, 0) is 42.5 Å². The predicted octanol–water partition coefficient (Wildman–Crippen LogP) is 4.43. The van der Waals surface area contributed by atoms with Crippen LogP contribution in [0.5, 0.6) is 0 Å². The number of hydrogen-bond donors (Lipinski definition) is 0. The summed E-state index contributed by atoms with van der Waals surface area (Å²) in [6, 6.07) is 31.1. The third-order valence-corrected chi connectivity index (χ3v) is 4.80. The molecule has 1 aliphatic rings. The summed E-state index contributed by atoms with van der Waals surface area (Å²) in [5.41, 5.74) is 5.26. The van der Waals surface area contributed by atoms with Crippen LogP contribution in [0.2, 0.25) is 0 Å². The summed E-state index contributed by atoms with van der Waals surface area (Å²) in [6.45, 7) is 0.488. The smallest absolute Gasteiger partial charge is 0.131 e. The van der Waals surface area contributed by atoms with Crippen molar-refractivity contribution < 1.29 is 0 Å². The van der Waals surface area contributed by atoms with E-state index in [2.05, 4.69) is 92.7 Å².